The fourth-order valence-corrected chi connectivity index (χ4v) is 1.65. The van der Waals surface area contributed by atoms with Gasteiger partial charge in [0.1, 0.15) is 0 Å². The van der Waals surface area contributed by atoms with E-state index < -0.39 is 0 Å². The summed E-state index contributed by atoms with van der Waals surface area (Å²) in [5, 5.41) is 1.19. The molecule has 0 bridgehead atoms. The summed E-state index contributed by atoms with van der Waals surface area (Å²) >= 11 is 1.91. The summed E-state index contributed by atoms with van der Waals surface area (Å²) in [6.07, 6.45) is 0. The minimum Gasteiger partial charge on any atom is -0.143 e. The SMILES string of the molecule is CC#CC(C)SC(C)C. The van der Waals surface area contributed by atoms with Crippen molar-refractivity contribution >= 4 is 11.8 Å². The molecule has 0 saturated carbocycles. The van der Waals surface area contributed by atoms with E-state index in [-0.39, 0.29) is 0 Å². The van der Waals surface area contributed by atoms with Gasteiger partial charge >= 0.3 is 0 Å². The third-order valence-corrected chi connectivity index (χ3v) is 1.89. The molecule has 0 radical (unpaired) electrons. The lowest BCUT2D eigenvalue weighted by molar-refractivity contribution is 1.10. The number of rotatable bonds is 2. The van der Waals surface area contributed by atoms with Crippen molar-refractivity contribution in [2.24, 2.45) is 0 Å². The molecule has 0 fully saturated rings. The molecule has 1 unspecified atom stereocenters. The van der Waals surface area contributed by atoms with Gasteiger partial charge in [0, 0.05) is 5.25 Å². The van der Waals surface area contributed by atoms with Crippen molar-refractivity contribution in [2.75, 3.05) is 0 Å². The molecule has 0 spiro atoms. The van der Waals surface area contributed by atoms with Crippen LogP contribution >= 0.6 is 11.8 Å². The van der Waals surface area contributed by atoms with Gasteiger partial charge in [0.2, 0.25) is 0 Å². The molecule has 0 aromatic carbocycles. The van der Waals surface area contributed by atoms with E-state index in [0.717, 1.165) is 0 Å². The smallest absolute Gasteiger partial charge is 0.0631 e. The molecule has 9 heavy (non-hydrogen) atoms. The van der Waals surface area contributed by atoms with Crippen LogP contribution in [0.5, 0.6) is 0 Å². The van der Waals surface area contributed by atoms with Gasteiger partial charge in [0.15, 0.2) is 0 Å². The monoisotopic (exact) mass is 142 g/mol. The lowest BCUT2D eigenvalue weighted by Crippen LogP contribution is -1.97. The molecule has 0 aromatic heterocycles. The maximum Gasteiger partial charge on any atom is 0.0631 e. The minimum absolute atomic E-state index is 0.495. The third kappa shape index (κ3) is 5.79. The molecule has 0 aliphatic heterocycles. The van der Waals surface area contributed by atoms with Crippen LogP contribution in [0.15, 0.2) is 0 Å². The van der Waals surface area contributed by atoms with Crippen LogP contribution in [-0.4, -0.2) is 10.5 Å². The molecule has 0 N–H and O–H groups in total. The van der Waals surface area contributed by atoms with Gasteiger partial charge in [0.05, 0.1) is 5.25 Å². The predicted molar refractivity (Wildman–Crippen MR) is 45.6 cm³/mol. The van der Waals surface area contributed by atoms with Crippen molar-refractivity contribution in [2.45, 2.75) is 38.2 Å². The van der Waals surface area contributed by atoms with Crippen LogP contribution in [0.3, 0.4) is 0 Å². The van der Waals surface area contributed by atoms with E-state index >= 15 is 0 Å². The van der Waals surface area contributed by atoms with Crippen LogP contribution in [0.1, 0.15) is 27.7 Å². The first-order chi connectivity index (χ1) is 4.16. The van der Waals surface area contributed by atoms with E-state index in [9.17, 15) is 0 Å². The number of hydrogen-bond acceptors (Lipinski definition) is 1. The zero-order chi connectivity index (χ0) is 7.28. The van der Waals surface area contributed by atoms with Crippen molar-refractivity contribution in [3.05, 3.63) is 0 Å². The molecule has 52 valence electrons. The second kappa shape index (κ2) is 4.76. The summed E-state index contributed by atoms with van der Waals surface area (Å²) in [7, 11) is 0. The van der Waals surface area contributed by atoms with Crippen molar-refractivity contribution in [3.8, 4) is 11.8 Å². The Hall–Kier alpha value is -0.0900. The summed E-state index contributed by atoms with van der Waals surface area (Å²) in [5.41, 5.74) is 0. The highest BCUT2D eigenvalue weighted by molar-refractivity contribution is 8.00. The quantitative estimate of drug-likeness (QED) is 0.534. The molecule has 0 heterocycles. The molecular weight excluding hydrogens is 128 g/mol. The second-order valence-electron chi connectivity index (χ2n) is 2.22. The van der Waals surface area contributed by atoms with Crippen molar-refractivity contribution in [3.63, 3.8) is 0 Å². The first-order valence-electron chi connectivity index (χ1n) is 3.24. The molecule has 0 amide bonds. The van der Waals surface area contributed by atoms with Gasteiger partial charge in [-0.05, 0) is 13.8 Å². The standard InChI is InChI=1S/C8H14S/c1-5-6-8(4)9-7(2)3/h7-8H,1-4H3. The third-order valence-electron chi connectivity index (χ3n) is 0.824. The van der Waals surface area contributed by atoms with Gasteiger partial charge in [-0.1, -0.05) is 19.8 Å². The van der Waals surface area contributed by atoms with E-state index in [1.165, 1.54) is 0 Å². The lowest BCUT2D eigenvalue weighted by Gasteiger charge is -2.05. The van der Waals surface area contributed by atoms with Crippen molar-refractivity contribution < 1.29 is 0 Å². The fourth-order valence-electron chi connectivity index (χ4n) is 0.646. The molecule has 0 aliphatic rings. The molecule has 0 nitrogen and oxygen atoms in total. The molecule has 1 atom stereocenters. The Kier molecular flexibility index (Phi) is 4.71. The predicted octanol–water partition coefficient (Wildman–Crippen LogP) is 2.54. The van der Waals surface area contributed by atoms with Crippen LogP contribution in [0.2, 0.25) is 0 Å². The summed E-state index contributed by atoms with van der Waals surface area (Å²) < 4.78 is 0. The van der Waals surface area contributed by atoms with Crippen LogP contribution < -0.4 is 0 Å². The van der Waals surface area contributed by atoms with Crippen molar-refractivity contribution in [1.29, 1.82) is 0 Å². The van der Waals surface area contributed by atoms with Crippen LogP contribution in [0.25, 0.3) is 0 Å². The highest BCUT2D eigenvalue weighted by atomic mass is 32.2. The molecule has 0 saturated heterocycles. The zero-order valence-corrected chi connectivity index (χ0v) is 7.38. The van der Waals surface area contributed by atoms with E-state index in [1.54, 1.807) is 0 Å². The Morgan fingerprint density at radius 1 is 1.22 bits per heavy atom. The maximum absolute atomic E-state index is 3.09. The van der Waals surface area contributed by atoms with E-state index in [0.29, 0.717) is 10.5 Å². The van der Waals surface area contributed by atoms with E-state index in [1.807, 2.05) is 18.7 Å². The Labute approximate surface area is 62.4 Å². The second-order valence-corrected chi connectivity index (χ2v) is 4.14. The first kappa shape index (κ1) is 8.91. The Balaban J connectivity index is 3.46. The van der Waals surface area contributed by atoms with Gasteiger partial charge < -0.3 is 0 Å². The molecule has 0 aromatic rings. The van der Waals surface area contributed by atoms with Crippen LogP contribution in [0, 0.1) is 11.8 Å². The Morgan fingerprint density at radius 3 is 2.11 bits per heavy atom. The average Bonchev–Trinajstić information content (AvgIpc) is 1.63. The van der Waals surface area contributed by atoms with Gasteiger partial charge in [0.25, 0.3) is 0 Å². The van der Waals surface area contributed by atoms with Crippen LogP contribution in [0.4, 0.5) is 0 Å². The highest BCUT2D eigenvalue weighted by Gasteiger charge is 1.99. The molecule has 0 rings (SSSR count). The van der Waals surface area contributed by atoms with Gasteiger partial charge in [-0.25, -0.2) is 0 Å². The summed E-state index contributed by atoms with van der Waals surface area (Å²) in [6.45, 7) is 8.41. The molecule has 0 aliphatic carbocycles. The van der Waals surface area contributed by atoms with Gasteiger partial charge in [-0.15, -0.1) is 17.7 Å². The maximum atomic E-state index is 3.09. The Morgan fingerprint density at radius 2 is 1.78 bits per heavy atom. The lowest BCUT2D eigenvalue weighted by atomic mass is 10.5. The number of thioether (sulfide) groups is 1. The Bertz CT molecular complexity index is 116. The van der Waals surface area contributed by atoms with Crippen LogP contribution in [-0.2, 0) is 0 Å². The minimum atomic E-state index is 0.495. The topological polar surface area (TPSA) is 0 Å². The highest BCUT2D eigenvalue weighted by Crippen LogP contribution is 2.15. The molecular formula is C8H14S. The van der Waals surface area contributed by atoms with Gasteiger partial charge in [-0.3, -0.25) is 0 Å². The average molecular weight is 142 g/mol. The largest absolute Gasteiger partial charge is 0.143 e. The van der Waals surface area contributed by atoms with E-state index in [4.69, 9.17) is 0 Å². The summed E-state index contributed by atoms with van der Waals surface area (Å²) in [5.74, 6) is 5.99. The van der Waals surface area contributed by atoms with E-state index in [2.05, 4.69) is 32.6 Å². The normalized spacial score (nSPS) is 12.6. The van der Waals surface area contributed by atoms with Crippen molar-refractivity contribution in [1.82, 2.24) is 0 Å². The zero-order valence-electron chi connectivity index (χ0n) is 6.56. The first-order valence-corrected chi connectivity index (χ1v) is 4.18. The molecule has 1 heteroatoms. The summed E-state index contributed by atoms with van der Waals surface area (Å²) in [6, 6.07) is 0. The van der Waals surface area contributed by atoms with Gasteiger partial charge in [-0.2, -0.15) is 0 Å². The summed E-state index contributed by atoms with van der Waals surface area (Å²) in [4.78, 5) is 0. The number of hydrogen-bond donors (Lipinski definition) is 0. The fraction of sp³-hybridized carbons (Fsp3) is 0.750.